The van der Waals surface area contributed by atoms with E-state index in [1.54, 1.807) is 29.2 Å². The van der Waals surface area contributed by atoms with E-state index in [0.29, 0.717) is 30.3 Å². The first-order valence-corrected chi connectivity index (χ1v) is 10.9. The number of halogens is 1. The van der Waals surface area contributed by atoms with Crippen molar-refractivity contribution < 1.29 is 9.59 Å². The summed E-state index contributed by atoms with van der Waals surface area (Å²) in [6.45, 7) is 7.91. The Balaban J connectivity index is 2.11. The Morgan fingerprint density at radius 1 is 1.17 bits per heavy atom. The number of aromatic nitrogens is 1. The molecule has 164 valence electrons. The van der Waals surface area contributed by atoms with Gasteiger partial charge in [0.2, 0.25) is 5.91 Å². The number of unbranched alkanes of at least 4 members (excludes halogenated alkanes) is 1. The second-order valence-electron chi connectivity index (χ2n) is 7.99. The predicted octanol–water partition coefficient (Wildman–Crippen LogP) is 5.00. The zero-order chi connectivity index (χ0) is 22.1. The maximum Gasteiger partial charge on any atom is 0.322 e. The van der Waals surface area contributed by atoms with Crippen molar-refractivity contribution in [2.45, 2.75) is 40.2 Å². The summed E-state index contributed by atoms with van der Waals surface area (Å²) in [5, 5.41) is 3.41. The highest BCUT2D eigenvalue weighted by atomic mass is 35.5. The first kappa shape index (κ1) is 23.8. The smallest absolute Gasteiger partial charge is 0.322 e. The van der Waals surface area contributed by atoms with Crippen molar-refractivity contribution in [3.63, 3.8) is 0 Å². The Bertz CT molecular complexity index is 834. The zero-order valence-electron chi connectivity index (χ0n) is 18.4. The number of rotatable bonds is 10. The summed E-state index contributed by atoms with van der Waals surface area (Å²) in [6, 6.07) is 10.7. The summed E-state index contributed by atoms with van der Waals surface area (Å²) < 4.78 is 2.02. The summed E-state index contributed by atoms with van der Waals surface area (Å²) in [6.07, 6.45) is 3.90. The van der Waals surface area contributed by atoms with E-state index >= 15 is 0 Å². The third-order valence-electron chi connectivity index (χ3n) is 4.81. The molecular weight excluding hydrogens is 400 g/mol. The van der Waals surface area contributed by atoms with E-state index in [1.165, 1.54) is 0 Å². The first-order chi connectivity index (χ1) is 14.3. The summed E-state index contributed by atoms with van der Waals surface area (Å²) in [4.78, 5) is 29.5. The van der Waals surface area contributed by atoms with Gasteiger partial charge in [0.15, 0.2) is 0 Å². The number of carbonyl (C=O) groups excluding carboxylic acids is 2. The molecule has 1 heterocycles. The molecule has 7 heteroatoms. The third kappa shape index (κ3) is 7.41. The molecule has 0 radical (unpaired) electrons. The van der Waals surface area contributed by atoms with Gasteiger partial charge < -0.3 is 19.7 Å². The van der Waals surface area contributed by atoms with E-state index in [1.807, 2.05) is 48.7 Å². The molecule has 30 heavy (non-hydrogen) atoms. The number of aryl methyl sites for hydroxylation is 1. The van der Waals surface area contributed by atoms with E-state index in [4.69, 9.17) is 11.6 Å². The molecule has 2 aromatic rings. The fourth-order valence-corrected chi connectivity index (χ4v) is 3.38. The van der Waals surface area contributed by atoms with Crippen molar-refractivity contribution in [3.05, 3.63) is 53.3 Å². The van der Waals surface area contributed by atoms with E-state index in [-0.39, 0.29) is 24.4 Å². The quantitative estimate of drug-likeness (QED) is 0.574. The van der Waals surface area contributed by atoms with Crippen LogP contribution in [0.5, 0.6) is 0 Å². The average molecular weight is 433 g/mol. The minimum Gasteiger partial charge on any atom is -0.353 e. The van der Waals surface area contributed by atoms with Gasteiger partial charge in [-0.2, -0.15) is 0 Å². The minimum atomic E-state index is -0.298. The van der Waals surface area contributed by atoms with Crippen LogP contribution in [0.1, 0.15) is 39.3 Å². The van der Waals surface area contributed by atoms with Crippen LogP contribution in [0.4, 0.5) is 10.5 Å². The van der Waals surface area contributed by atoms with Crippen LogP contribution in [-0.2, 0) is 18.4 Å². The Morgan fingerprint density at radius 2 is 1.93 bits per heavy atom. The van der Waals surface area contributed by atoms with Crippen molar-refractivity contribution in [2.24, 2.45) is 13.0 Å². The van der Waals surface area contributed by atoms with Crippen LogP contribution >= 0.6 is 11.6 Å². The zero-order valence-corrected chi connectivity index (χ0v) is 19.2. The molecule has 2 rings (SSSR count). The summed E-state index contributed by atoms with van der Waals surface area (Å²) in [5.41, 5.74) is 1.68. The number of nitrogens with one attached hydrogen (secondary N) is 1. The van der Waals surface area contributed by atoms with Crippen LogP contribution in [-0.4, -0.2) is 45.9 Å². The largest absolute Gasteiger partial charge is 0.353 e. The normalized spacial score (nSPS) is 10.9. The molecule has 0 aliphatic heterocycles. The lowest BCUT2D eigenvalue weighted by molar-refractivity contribution is -0.132. The highest BCUT2D eigenvalue weighted by Crippen LogP contribution is 2.16. The van der Waals surface area contributed by atoms with E-state index in [0.717, 1.165) is 18.5 Å². The maximum atomic E-state index is 13.2. The summed E-state index contributed by atoms with van der Waals surface area (Å²) >= 11 is 6.02. The molecule has 0 fully saturated rings. The third-order valence-corrected chi connectivity index (χ3v) is 5.05. The van der Waals surface area contributed by atoms with Gasteiger partial charge in [0.1, 0.15) is 6.54 Å². The number of amides is 3. The molecule has 1 aromatic carbocycles. The number of benzene rings is 1. The Hall–Kier alpha value is -2.47. The molecule has 1 aromatic heterocycles. The molecule has 0 aliphatic rings. The van der Waals surface area contributed by atoms with Crippen molar-refractivity contribution in [2.75, 3.05) is 25.0 Å². The van der Waals surface area contributed by atoms with Crippen molar-refractivity contribution in [1.82, 2.24) is 14.4 Å². The minimum absolute atomic E-state index is 0.0404. The monoisotopic (exact) mass is 432 g/mol. The highest BCUT2D eigenvalue weighted by molar-refractivity contribution is 6.30. The van der Waals surface area contributed by atoms with Crippen LogP contribution < -0.4 is 5.32 Å². The van der Waals surface area contributed by atoms with Crippen LogP contribution in [0.15, 0.2) is 42.6 Å². The summed E-state index contributed by atoms with van der Waals surface area (Å²) in [5.74, 6) is 0.187. The van der Waals surface area contributed by atoms with Gasteiger partial charge in [0.25, 0.3) is 0 Å². The SMILES string of the molecule is CCCCN(Cc1cccn1C)C(=O)CN(CC(C)C)C(=O)Nc1cccc(Cl)c1. The lowest BCUT2D eigenvalue weighted by Gasteiger charge is -2.29. The molecule has 1 N–H and O–H groups in total. The molecule has 0 atom stereocenters. The maximum absolute atomic E-state index is 13.2. The highest BCUT2D eigenvalue weighted by Gasteiger charge is 2.23. The van der Waals surface area contributed by atoms with Crippen molar-refractivity contribution in [3.8, 4) is 0 Å². The number of carbonyl (C=O) groups is 2. The fraction of sp³-hybridized carbons (Fsp3) is 0.478. The average Bonchev–Trinajstić information content (AvgIpc) is 3.08. The Morgan fingerprint density at radius 3 is 2.53 bits per heavy atom. The number of urea groups is 1. The summed E-state index contributed by atoms with van der Waals surface area (Å²) in [7, 11) is 1.97. The van der Waals surface area contributed by atoms with E-state index < -0.39 is 0 Å². The first-order valence-electron chi connectivity index (χ1n) is 10.5. The van der Waals surface area contributed by atoms with Gasteiger partial charge in [-0.15, -0.1) is 0 Å². The lowest BCUT2D eigenvalue weighted by atomic mass is 10.2. The second-order valence-corrected chi connectivity index (χ2v) is 8.43. The molecule has 0 unspecified atom stereocenters. The van der Waals surface area contributed by atoms with E-state index in [9.17, 15) is 9.59 Å². The number of nitrogens with zero attached hydrogens (tertiary/aromatic N) is 3. The second kappa shape index (κ2) is 11.6. The van der Waals surface area contributed by atoms with Gasteiger partial charge >= 0.3 is 6.03 Å². The molecular formula is C23H33ClN4O2. The van der Waals surface area contributed by atoms with Gasteiger partial charge in [-0.1, -0.05) is 44.9 Å². The van der Waals surface area contributed by atoms with Gasteiger partial charge in [0.05, 0.1) is 6.54 Å². The van der Waals surface area contributed by atoms with Crippen LogP contribution in [0.3, 0.4) is 0 Å². The predicted molar refractivity (Wildman–Crippen MR) is 123 cm³/mol. The molecule has 0 saturated carbocycles. The molecule has 6 nitrogen and oxygen atoms in total. The number of hydrogen-bond acceptors (Lipinski definition) is 2. The van der Waals surface area contributed by atoms with Gasteiger partial charge in [-0.25, -0.2) is 4.79 Å². The van der Waals surface area contributed by atoms with Crippen LogP contribution in [0, 0.1) is 5.92 Å². The molecule has 0 spiro atoms. The molecule has 0 aliphatic carbocycles. The van der Waals surface area contributed by atoms with Crippen molar-refractivity contribution in [1.29, 1.82) is 0 Å². The Kier molecular flexibility index (Phi) is 9.24. The van der Waals surface area contributed by atoms with Crippen LogP contribution in [0.2, 0.25) is 5.02 Å². The number of hydrogen-bond donors (Lipinski definition) is 1. The van der Waals surface area contributed by atoms with E-state index in [2.05, 4.69) is 12.2 Å². The molecule has 0 bridgehead atoms. The fourth-order valence-electron chi connectivity index (χ4n) is 3.19. The Labute approximate surface area is 184 Å². The number of anilines is 1. The molecule has 0 saturated heterocycles. The standard InChI is InChI=1S/C23H33ClN4O2/c1-5-6-13-27(16-21-11-8-12-26(21)4)22(29)17-28(15-18(2)3)23(30)25-20-10-7-9-19(24)14-20/h7-12,14,18H,5-6,13,15-17H2,1-4H3,(H,25,30). The molecule has 3 amide bonds. The van der Waals surface area contributed by atoms with Gasteiger partial charge in [-0.3, -0.25) is 4.79 Å². The van der Waals surface area contributed by atoms with Gasteiger partial charge in [-0.05, 0) is 42.7 Å². The topological polar surface area (TPSA) is 57.6 Å². The van der Waals surface area contributed by atoms with Crippen LogP contribution in [0.25, 0.3) is 0 Å². The lowest BCUT2D eigenvalue weighted by Crippen LogP contribution is -2.46. The van der Waals surface area contributed by atoms with Gasteiger partial charge in [0, 0.05) is 42.7 Å². The van der Waals surface area contributed by atoms with Crippen molar-refractivity contribution >= 4 is 29.2 Å².